The predicted molar refractivity (Wildman–Crippen MR) is 72.5 cm³/mol. The van der Waals surface area contributed by atoms with Crippen LogP contribution in [0, 0.1) is 5.82 Å². The molecule has 2 aromatic rings. The Balaban J connectivity index is 2.09. The standard InChI is InChI=1S/C12H12BrFN4O2/c13-10-2-1-8(14)3-7(10)5-18-6-9(16-17-18)4-11(15)12(19)20/h1-3,6,11H,4-5,15H2,(H,19,20). The molecular weight excluding hydrogens is 331 g/mol. The van der Waals surface area contributed by atoms with Gasteiger partial charge in [0.05, 0.1) is 12.2 Å². The van der Waals surface area contributed by atoms with Crippen molar-refractivity contribution in [3.63, 3.8) is 0 Å². The zero-order chi connectivity index (χ0) is 14.7. The minimum Gasteiger partial charge on any atom is -0.480 e. The number of nitrogens with zero attached hydrogens (tertiary/aromatic N) is 3. The van der Waals surface area contributed by atoms with Gasteiger partial charge in [-0.15, -0.1) is 5.10 Å². The molecule has 0 spiro atoms. The van der Waals surface area contributed by atoms with Gasteiger partial charge in [-0.3, -0.25) is 4.79 Å². The van der Waals surface area contributed by atoms with Crippen LogP contribution in [0.25, 0.3) is 0 Å². The summed E-state index contributed by atoms with van der Waals surface area (Å²) >= 11 is 3.33. The summed E-state index contributed by atoms with van der Waals surface area (Å²) in [6.45, 7) is 0.327. The van der Waals surface area contributed by atoms with Crippen molar-refractivity contribution in [2.45, 2.75) is 19.0 Å². The monoisotopic (exact) mass is 342 g/mol. The quantitative estimate of drug-likeness (QED) is 0.850. The second-order valence-corrected chi connectivity index (χ2v) is 5.15. The van der Waals surface area contributed by atoms with E-state index >= 15 is 0 Å². The molecule has 0 saturated heterocycles. The van der Waals surface area contributed by atoms with Crippen molar-refractivity contribution in [1.29, 1.82) is 0 Å². The third-order valence-corrected chi connectivity index (χ3v) is 3.45. The van der Waals surface area contributed by atoms with E-state index in [1.54, 1.807) is 12.3 Å². The van der Waals surface area contributed by atoms with Crippen LogP contribution in [0.4, 0.5) is 4.39 Å². The highest BCUT2D eigenvalue weighted by Crippen LogP contribution is 2.18. The number of rotatable bonds is 5. The average molecular weight is 343 g/mol. The van der Waals surface area contributed by atoms with Gasteiger partial charge < -0.3 is 10.8 Å². The molecule has 2 rings (SSSR count). The molecule has 8 heteroatoms. The lowest BCUT2D eigenvalue weighted by atomic mass is 10.2. The van der Waals surface area contributed by atoms with Crippen LogP contribution >= 0.6 is 15.9 Å². The van der Waals surface area contributed by atoms with E-state index in [0.717, 1.165) is 4.47 Å². The van der Waals surface area contributed by atoms with Crippen LogP contribution in [0.1, 0.15) is 11.3 Å². The maximum atomic E-state index is 13.2. The molecule has 0 aliphatic heterocycles. The van der Waals surface area contributed by atoms with E-state index in [4.69, 9.17) is 10.8 Å². The number of carboxylic acids is 1. The molecule has 0 saturated carbocycles. The van der Waals surface area contributed by atoms with Crippen LogP contribution in [0.15, 0.2) is 28.9 Å². The van der Waals surface area contributed by atoms with Crippen LogP contribution in [-0.2, 0) is 17.8 Å². The Hall–Kier alpha value is -1.80. The lowest BCUT2D eigenvalue weighted by Crippen LogP contribution is -2.32. The first kappa shape index (κ1) is 14.6. The van der Waals surface area contributed by atoms with Crippen LogP contribution in [-0.4, -0.2) is 32.1 Å². The number of carbonyl (C=O) groups is 1. The number of hydrogen-bond donors (Lipinski definition) is 2. The van der Waals surface area contributed by atoms with Crippen LogP contribution < -0.4 is 5.73 Å². The highest BCUT2D eigenvalue weighted by Gasteiger charge is 2.14. The summed E-state index contributed by atoms with van der Waals surface area (Å²) in [7, 11) is 0. The molecule has 20 heavy (non-hydrogen) atoms. The fourth-order valence-corrected chi connectivity index (χ4v) is 2.03. The molecule has 1 aromatic carbocycles. The number of carboxylic acid groups (broad SMARTS) is 1. The molecular formula is C12H12BrFN4O2. The normalized spacial score (nSPS) is 12.3. The summed E-state index contributed by atoms with van der Waals surface area (Å²) in [4.78, 5) is 10.7. The van der Waals surface area contributed by atoms with Gasteiger partial charge in [-0.2, -0.15) is 0 Å². The third-order valence-electron chi connectivity index (χ3n) is 2.67. The molecule has 0 aliphatic carbocycles. The molecule has 1 heterocycles. The number of halogens is 2. The Labute approximate surface area is 122 Å². The topological polar surface area (TPSA) is 94.0 Å². The van der Waals surface area contributed by atoms with E-state index in [-0.39, 0.29) is 12.2 Å². The second-order valence-electron chi connectivity index (χ2n) is 4.29. The van der Waals surface area contributed by atoms with Crippen molar-refractivity contribution in [3.05, 3.63) is 45.9 Å². The van der Waals surface area contributed by atoms with Crippen LogP contribution in [0.2, 0.25) is 0 Å². The molecule has 0 amide bonds. The van der Waals surface area contributed by atoms with E-state index in [1.807, 2.05) is 0 Å². The molecule has 1 aromatic heterocycles. The van der Waals surface area contributed by atoms with Gasteiger partial charge in [-0.25, -0.2) is 9.07 Å². The Bertz CT molecular complexity index is 632. The number of benzene rings is 1. The lowest BCUT2D eigenvalue weighted by Gasteiger charge is -2.04. The van der Waals surface area contributed by atoms with Gasteiger partial charge in [-0.05, 0) is 23.8 Å². The molecule has 0 bridgehead atoms. The first-order valence-corrected chi connectivity index (χ1v) is 6.56. The smallest absolute Gasteiger partial charge is 0.320 e. The minimum absolute atomic E-state index is 0.0969. The summed E-state index contributed by atoms with van der Waals surface area (Å²) in [6.07, 6.45) is 1.69. The van der Waals surface area contributed by atoms with E-state index < -0.39 is 12.0 Å². The molecule has 6 nitrogen and oxygen atoms in total. The number of aliphatic carboxylic acids is 1. The molecule has 0 fully saturated rings. The van der Waals surface area contributed by atoms with E-state index in [1.165, 1.54) is 16.8 Å². The van der Waals surface area contributed by atoms with Crippen molar-refractivity contribution >= 4 is 21.9 Å². The molecule has 1 unspecified atom stereocenters. The van der Waals surface area contributed by atoms with Crippen molar-refractivity contribution in [1.82, 2.24) is 15.0 Å². The number of aromatic nitrogens is 3. The fourth-order valence-electron chi connectivity index (χ4n) is 1.66. The first-order chi connectivity index (χ1) is 9.45. The first-order valence-electron chi connectivity index (χ1n) is 5.77. The molecule has 1 atom stereocenters. The van der Waals surface area contributed by atoms with E-state index in [9.17, 15) is 9.18 Å². The Morgan fingerprint density at radius 1 is 1.55 bits per heavy atom. The van der Waals surface area contributed by atoms with Gasteiger partial charge >= 0.3 is 5.97 Å². The zero-order valence-corrected chi connectivity index (χ0v) is 11.9. The molecule has 3 N–H and O–H groups in total. The highest BCUT2D eigenvalue weighted by atomic mass is 79.9. The van der Waals surface area contributed by atoms with Gasteiger partial charge in [0.15, 0.2) is 0 Å². The average Bonchev–Trinajstić information content (AvgIpc) is 2.81. The van der Waals surface area contributed by atoms with Gasteiger partial charge in [0.25, 0.3) is 0 Å². The Kier molecular flexibility index (Phi) is 4.46. The van der Waals surface area contributed by atoms with E-state index in [2.05, 4.69) is 26.2 Å². The SMILES string of the molecule is NC(Cc1cn(Cc2cc(F)ccc2Br)nn1)C(=O)O. The van der Waals surface area contributed by atoms with Crippen molar-refractivity contribution < 1.29 is 14.3 Å². The number of nitrogens with two attached hydrogens (primary N) is 1. The summed E-state index contributed by atoms with van der Waals surface area (Å²) in [5.74, 6) is -1.43. The van der Waals surface area contributed by atoms with Crippen LogP contribution in [0.5, 0.6) is 0 Å². The van der Waals surface area contributed by atoms with Gasteiger partial charge in [-0.1, -0.05) is 21.1 Å². The zero-order valence-electron chi connectivity index (χ0n) is 10.3. The largest absolute Gasteiger partial charge is 0.480 e. The lowest BCUT2D eigenvalue weighted by molar-refractivity contribution is -0.138. The Morgan fingerprint density at radius 3 is 3.00 bits per heavy atom. The Morgan fingerprint density at radius 2 is 2.30 bits per heavy atom. The maximum absolute atomic E-state index is 13.2. The fraction of sp³-hybridized carbons (Fsp3) is 0.250. The molecule has 0 radical (unpaired) electrons. The van der Waals surface area contributed by atoms with Gasteiger partial charge in [0.2, 0.25) is 0 Å². The van der Waals surface area contributed by atoms with Crippen molar-refractivity contribution in [2.75, 3.05) is 0 Å². The van der Waals surface area contributed by atoms with Gasteiger partial charge in [0.1, 0.15) is 11.9 Å². The highest BCUT2D eigenvalue weighted by molar-refractivity contribution is 9.10. The predicted octanol–water partition coefficient (Wildman–Crippen LogP) is 1.18. The summed E-state index contributed by atoms with van der Waals surface area (Å²) in [5, 5.41) is 16.4. The summed E-state index contributed by atoms with van der Waals surface area (Å²) in [5.41, 5.74) is 6.61. The van der Waals surface area contributed by atoms with Crippen molar-refractivity contribution in [3.8, 4) is 0 Å². The summed E-state index contributed by atoms with van der Waals surface area (Å²) < 4.78 is 15.4. The van der Waals surface area contributed by atoms with Crippen LogP contribution in [0.3, 0.4) is 0 Å². The second kappa shape index (κ2) is 6.10. The number of hydrogen-bond acceptors (Lipinski definition) is 4. The third kappa shape index (κ3) is 3.61. The molecule has 106 valence electrons. The van der Waals surface area contributed by atoms with Gasteiger partial charge in [0, 0.05) is 17.1 Å². The minimum atomic E-state index is -1.09. The summed E-state index contributed by atoms with van der Waals surface area (Å²) in [6, 6.07) is 3.35. The van der Waals surface area contributed by atoms with E-state index in [0.29, 0.717) is 17.8 Å². The molecule has 0 aliphatic rings. The van der Waals surface area contributed by atoms with Crippen molar-refractivity contribution in [2.24, 2.45) is 5.73 Å². The maximum Gasteiger partial charge on any atom is 0.320 e.